The first-order valence-electron chi connectivity index (χ1n) is 7.91. The number of nitrogens with zero attached hydrogens (tertiary/aromatic N) is 1. The van der Waals surface area contributed by atoms with Crippen molar-refractivity contribution in [3.63, 3.8) is 0 Å². The number of carbonyl (C=O) groups excluding carboxylic acids is 2. The SMILES string of the molecule is C=CCOc1ccccc1/C=C1\SC(=O)N(Cc2ccccc2Cl)C1=O. The molecule has 3 rings (SSSR count). The van der Waals surface area contributed by atoms with Crippen LogP contribution in [0.25, 0.3) is 6.08 Å². The summed E-state index contributed by atoms with van der Waals surface area (Å²) in [5.41, 5.74) is 1.46. The molecule has 1 fully saturated rings. The summed E-state index contributed by atoms with van der Waals surface area (Å²) >= 11 is 7.05. The van der Waals surface area contributed by atoms with E-state index < -0.39 is 0 Å². The normalized spacial score (nSPS) is 15.6. The van der Waals surface area contributed by atoms with E-state index in [1.165, 1.54) is 4.90 Å². The first kappa shape index (κ1) is 18.3. The van der Waals surface area contributed by atoms with Crippen LogP contribution in [0.15, 0.2) is 66.1 Å². The highest BCUT2D eigenvalue weighted by atomic mass is 35.5. The summed E-state index contributed by atoms with van der Waals surface area (Å²) in [5.74, 6) is 0.295. The minimum Gasteiger partial charge on any atom is -0.489 e. The predicted molar refractivity (Wildman–Crippen MR) is 105 cm³/mol. The fourth-order valence-electron chi connectivity index (χ4n) is 2.45. The molecule has 0 unspecified atom stereocenters. The first-order chi connectivity index (χ1) is 12.6. The molecule has 2 aromatic rings. The molecule has 1 heterocycles. The van der Waals surface area contributed by atoms with Crippen molar-refractivity contribution in [1.82, 2.24) is 4.90 Å². The molecule has 0 radical (unpaired) electrons. The summed E-state index contributed by atoms with van der Waals surface area (Å²) in [7, 11) is 0. The van der Waals surface area contributed by atoms with Crippen LogP contribution in [0.2, 0.25) is 5.02 Å². The van der Waals surface area contributed by atoms with E-state index in [1.807, 2.05) is 30.3 Å². The number of amides is 2. The minimum absolute atomic E-state index is 0.149. The van der Waals surface area contributed by atoms with Crippen LogP contribution in [0.1, 0.15) is 11.1 Å². The van der Waals surface area contributed by atoms with Crippen molar-refractivity contribution in [1.29, 1.82) is 0 Å². The maximum absolute atomic E-state index is 12.7. The molecule has 2 aromatic carbocycles. The highest BCUT2D eigenvalue weighted by Crippen LogP contribution is 2.35. The van der Waals surface area contributed by atoms with E-state index in [1.54, 1.807) is 30.4 Å². The van der Waals surface area contributed by atoms with Crippen LogP contribution >= 0.6 is 23.4 Å². The third-order valence-electron chi connectivity index (χ3n) is 3.72. The molecule has 1 aliphatic rings. The summed E-state index contributed by atoms with van der Waals surface area (Å²) in [6.07, 6.45) is 3.32. The zero-order valence-electron chi connectivity index (χ0n) is 13.9. The second-order valence-corrected chi connectivity index (χ2v) is 6.90. The Hall–Kier alpha value is -2.50. The zero-order chi connectivity index (χ0) is 18.5. The van der Waals surface area contributed by atoms with Gasteiger partial charge in [0.25, 0.3) is 11.1 Å². The van der Waals surface area contributed by atoms with Gasteiger partial charge in [-0.3, -0.25) is 14.5 Å². The molecule has 0 N–H and O–H groups in total. The number of para-hydroxylation sites is 1. The summed E-state index contributed by atoms with van der Waals surface area (Å²) in [6.45, 7) is 4.14. The summed E-state index contributed by atoms with van der Waals surface area (Å²) in [6, 6.07) is 14.5. The van der Waals surface area contributed by atoms with Gasteiger partial charge >= 0.3 is 0 Å². The van der Waals surface area contributed by atoms with Gasteiger partial charge in [-0.15, -0.1) is 0 Å². The molecule has 0 bridgehead atoms. The molecular formula is C20H16ClNO3S. The third-order valence-corrected chi connectivity index (χ3v) is 5.00. The molecule has 0 spiro atoms. The van der Waals surface area contributed by atoms with Crippen molar-refractivity contribution in [3.8, 4) is 5.75 Å². The van der Waals surface area contributed by atoms with Gasteiger partial charge in [-0.1, -0.05) is 60.7 Å². The number of carbonyl (C=O) groups is 2. The maximum Gasteiger partial charge on any atom is 0.293 e. The highest BCUT2D eigenvalue weighted by Gasteiger charge is 2.35. The van der Waals surface area contributed by atoms with Crippen LogP contribution in [-0.4, -0.2) is 22.7 Å². The minimum atomic E-state index is -0.335. The molecule has 1 saturated heterocycles. The van der Waals surface area contributed by atoms with Crippen LogP contribution in [0.4, 0.5) is 4.79 Å². The Balaban J connectivity index is 1.84. The lowest BCUT2D eigenvalue weighted by Gasteiger charge is -2.13. The van der Waals surface area contributed by atoms with E-state index >= 15 is 0 Å². The summed E-state index contributed by atoms with van der Waals surface area (Å²) in [5, 5.41) is 0.212. The summed E-state index contributed by atoms with van der Waals surface area (Å²) < 4.78 is 5.60. The Morgan fingerprint density at radius 1 is 1.12 bits per heavy atom. The Kier molecular flexibility index (Phi) is 5.81. The number of rotatable bonds is 6. The second kappa shape index (κ2) is 8.25. The smallest absolute Gasteiger partial charge is 0.293 e. The lowest BCUT2D eigenvalue weighted by atomic mass is 10.1. The molecule has 0 aromatic heterocycles. The van der Waals surface area contributed by atoms with Gasteiger partial charge in [-0.25, -0.2) is 0 Å². The number of imide groups is 1. The van der Waals surface area contributed by atoms with Gasteiger partial charge in [-0.2, -0.15) is 0 Å². The van der Waals surface area contributed by atoms with E-state index in [-0.39, 0.29) is 17.7 Å². The zero-order valence-corrected chi connectivity index (χ0v) is 15.4. The topological polar surface area (TPSA) is 46.6 Å². The fourth-order valence-corrected chi connectivity index (χ4v) is 3.48. The van der Waals surface area contributed by atoms with E-state index in [9.17, 15) is 9.59 Å². The van der Waals surface area contributed by atoms with Gasteiger partial charge in [0.1, 0.15) is 12.4 Å². The van der Waals surface area contributed by atoms with Crippen molar-refractivity contribution in [2.75, 3.05) is 6.61 Å². The quantitative estimate of drug-likeness (QED) is 0.510. The van der Waals surface area contributed by atoms with Gasteiger partial charge in [0, 0.05) is 10.6 Å². The lowest BCUT2D eigenvalue weighted by Crippen LogP contribution is -2.27. The number of thioether (sulfide) groups is 1. The van der Waals surface area contributed by atoms with E-state index in [0.717, 1.165) is 22.9 Å². The molecule has 6 heteroatoms. The molecule has 4 nitrogen and oxygen atoms in total. The van der Waals surface area contributed by atoms with Crippen LogP contribution in [0, 0.1) is 0 Å². The number of halogens is 1. The van der Waals surface area contributed by atoms with Gasteiger partial charge < -0.3 is 4.74 Å². The lowest BCUT2D eigenvalue weighted by molar-refractivity contribution is -0.123. The molecule has 0 saturated carbocycles. The average molecular weight is 386 g/mol. The predicted octanol–water partition coefficient (Wildman–Crippen LogP) is 5.14. The number of hydrogen-bond acceptors (Lipinski definition) is 4. The third kappa shape index (κ3) is 4.00. The number of benzene rings is 2. The highest BCUT2D eigenvalue weighted by molar-refractivity contribution is 8.18. The second-order valence-electron chi connectivity index (χ2n) is 5.50. The fraction of sp³-hybridized carbons (Fsp3) is 0.100. The Labute approximate surface area is 161 Å². The van der Waals surface area contributed by atoms with Crippen molar-refractivity contribution in [2.45, 2.75) is 6.54 Å². The molecule has 0 aliphatic carbocycles. The number of ether oxygens (including phenoxy) is 1. The Morgan fingerprint density at radius 3 is 2.62 bits per heavy atom. The molecule has 26 heavy (non-hydrogen) atoms. The van der Waals surface area contributed by atoms with Gasteiger partial charge in [0.15, 0.2) is 0 Å². The van der Waals surface area contributed by atoms with Crippen molar-refractivity contribution >= 4 is 40.6 Å². The van der Waals surface area contributed by atoms with Gasteiger partial charge in [-0.05, 0) is 35.5 Å². The standard InChI is InChI=1S/C20H16ClNO3S/c1-2-11-25-17-10-6-4-7-14(17)12-18-19(23)22(20(24)26-18)13-15-8-3-5-9-16(15)21/h2-10,12H,1,11,13H2/b18-12-. The number of hydrogen-bond donors (Lipinski definition) is 0. The van der Waals surface area contributed by atoms with Crippen molar-refractivity contribution in [2.24, 2.45) is 0 Å². The Morgan fingerprint density at radius 2 is 1.85 bits per heavy atom. The van der Waals surface area contributed by atoms with Crippen molar-refractivity contribution in [3.05, 3.63) is 82.2 Å². The van der Waals surface area contributed by atoms with Gasteiger partial charge in [0.05, 0.1) is 11.4 Å². The molecule has 2 amide bonds. The maximum atomic E-state index is 12.7. The molecule has 0 atom stereocenters. The van der Waals surface area contributed by atoms with Gasteiger partial charge in [0.2, 0.25) is 0 Å². The largest absolute Gasteiger partial charge is 0.489 e. The average Bonchev–Trinajstić information content (AvgIpc) is 2.90. The van der Waals surface area contributed by atoms with Crippen LogP contribution < -0.4 is 4.74 Å². The van der Waals surface area contributed by atoms with Crippen LogP contribution in [0.3, 0.4) is 0 Å². The summed E-state index contributed by atoms with van der Waals surface area (Å²) in [4.78, 5) is 26.5. The molecule has 1 aliphatic heterocycles. The molecular weight excluding hydrogens is 370 g/mol. The molecule has 132 valence electrons. The first-order valence-corrected chi connectivity index (χ1v) is 9.11. The van der Waals surface area contributed by atoms with E-state index in [0.29, 0.717) is 22.3 Å². The monoisotopic (exact) mass is 385 g/mol. The Bertz CT molecular complexity index is 894. The van der Waals surface area contributed by atoms with Crippen LogP contribution in [0.5, 0.6) is 5.75 Å². The van der Waals surface area contributed by atoms with E-state index in [4.69, 9.17) is 16.3 Å². The van der Waals surface area contributed by atoms with Crippen LogP contribution in [-0.2, 0) is 11.3 Å². The van der Waals surface area contributed by atoms with Crippen molar-refractivity contribution < 1.29 is 14.3 Å². The van der Waals surface area contributed by atoms with E-state index in [2.05, 4.69) is 6.58 Å².